The number of fused-ring (bicyclic) bond motifs is 1. The zero-order valence-electron chi connectivity index (χ0n) is 10.8. The Morgan fingerprint density at radius 2 is 2.12 bits per heavy atom. The summed E-state index contributed by atoms with van der Waals surface area (Å²) >= 11 is 0. The van der Waals surface area contributed by atoms with Crippen LogP contribution in [0.25, 0.3) is 0 Å². The lowest BCUT2D eigenvalue weighted by Crippen LogP contribution is -2.28. The number of Topliss-reactive ketones (excluding diaryl/α,β-unsaturated/α-hetero) is 1. The fraction of sp³-hybridized carbons (Fsp3) is 0.533. The number of ether oxygens (including phenoxy) is 1. The normalized spacial score (nSPS) is 18.4. The topological polar surface area (TPSA) is 26.3 Å². The van der Waals surface area contributed by atoms with Crippen LogP contribution in [0.2, 0.25) is 0 Å². The number of hydrogen-bond acceptors (Lipinski definition) is 2. The fourth-order valence-electron chi connectivity index (χ4n) is 2.44. The van der Waals surface area contributed by atoms with Crippen molar-refractivity contribution in [3.05, 3.63) is 35.4 Å². The van der Waals surface area contributed by atoms with Crippen molar-refractivity contribution in [1.82, 2.24) is 0 Å². The second-order valence-corrected chi connectivity index (χ2v) is 5.48. The molecule has 17 heavy (non-hydrogen) atoms. The highest BCUT2D eigenvalue weighted by atomic mass is 16.5. The Hall–Kier alpha value is -1.15. The molecule has 0 amide bonds. The second-order valence-electron chi connectivity index (χ2n) is 5.48. The van der Waals surface area contributed by atoms with Crippen molar-refractivity contribution in [2.45, 2.75) is 44.6 Å². The van der Waals surface area contributed by atoms with Crippen LogP contribution in [0.15, 0.2) is 24.3 Å². The first kappa shape index (κ1) is 12.3. The van der Waals surface area contributed by atoms with Crippen LogP contribution in [-0.2, 0) is 16.0 Å². The van der Waals surface area contributed by atoms with Crippen molar-refractivity contribution in [2.75, 3.05) is 7.11 Å². The SMILES string of the molecule is COC(C)(C)CC(=O)CC1Cc2ccccc21. The number of carbonyl (C=O) groups excluding carboxylic acids is 1. The summed E-state index contributed by atoms with van der Waals surface area (Å²) in [5.74, 6) is 0.739. The summed E-state index contributed by atoms with van der Waals surface area (Å²) < 4.78 is 5.29. The highest BCUT2D eigenvalue weighted by molar-refractivity contribution is 5.80. The molecule has 1 unspecified atom stereocenters. The molecule has 0 heterocycles. The highest BCUT2D eigenvalue weighted by Crippen LogP contribution is 2.37. The van der Waals surface area contributed by atoms with E-state index in [0.29, 0.717) is 24.5 Å². The zero-order chi connectivity index (χ0) is 12.5. The number of carbonyl (C=O) groups is 1. The van der Waals surface area contributed by atoms with Gasteiger partial charge in [-0.25, -0.2) is 0 Å². The number of benzene rings is 1. The molecule has 0 aliphatic heterocycles. The van der Waals surface area contributed by atoms with Gasteiger partial charge in [0, 0.05) is 20.0 Å². The summed E-state index contributed by atoms with van der Waals surface area (Å²) in [4.78, 5) is 12.0. The Bertz CT molecular complexity index is 421. The van der Waals surface area contributed by atoms with E-state index in [1.165, 1.54) is 11.1 Å². The molecule has 1 atom stereocenters. The van der Waals surface area contributed by atoms with Crippen molar-refractivity contribution in [3.8, 4) is 0 Å². The molecule has 92 valence electrons. The van der Waals surface area contributed by atoms with Crippen molar-refractivity contribution in [2.24, 2.45) is 0 Å². The van der Waals surface area contributed by atoms with Crippen LogP contribution in [-0.4, -0.2) is 18.5 Å². The van der Waals surface area contributed by atoms with Crippen LogP contribution in [0, 0.1) is 0 Å². The molecule has 2 heteroatoms. The fourth-order valence-corrected chi connectivity index (χ4v) is 2.44. The summed E-state index contributed by atoms with van der Waals surface area (Å²) in [6.07, 6.45) is 2.21. The minimum absolute atomic E-state index is 0.302. The van der Waals surface area contributed by atoms with Gasteiger partial charge in [-0.2, -0.15) is 0 Å². The quantitative estimate of drug-likeness (QED) is 0.779. The van der Waals surface area contributed by atoms with Crippen molar-refractivity contribution >= 4 is 5.78 Å². The van der Waals surface area contributed by atoms with Gasteiger partial charge < -0.3 is 4.74 Å². The maximum Gasteiger partial charge on any atom is 0.136 e. The van der Waals surface area contributed by atoms with Crippen LogP contribution in [0.4, 0.5) is 0 Å². The number of methoxy groups -OCH3 is 1. The molecule has 1 aromatic rings. The van der Waals surface area contributed by atoms with Gasteiger partial charge in [-0.1, -0.05) is 24.3 Å². The van der Waals surface area contributed by atoms with Crippen LogP contribution >= 0.6 is 0 Å². The predicted octanol–water partition coefficient (Wildman–Crippen LogP) is 3.10. The van der Waals surface area contributed by atoms with Gasteiger partial charge in [0.2, 0.25) is 0 Å². The van der Waals surface area contributed by atoms with E-state index in [-0.39, 0.29) is 5.60 Å². The predicted molar refractivity (Wildman–Crippen MR) is 68.2 cm³/mol. The average molecular weight is 232 g/mol. The van der Waals surface area contributed by atoms with Gasteiger partial charge in [0.1, 0.15) is 5.78 Å². The van der Waals surface area contributed by atoms with E-state index in [1.54, 1.807) is 7.11 Å². The van der Waals surface area contributed by atoms with Gasteiger partial charge in [-0.3, -0.25) is 4.79 Å². The average Bonchev–Trinajstić information content (AvgIpc) is 2.25. The maximum absolute atomic E-state index is 12.0. The van der Waals surface area contributed by atoms with Crippen LogP contribution < -0.4 is 0 Å². The van der Waals surface area contributed by atoms with Crippen molar-refractivity contribution < 1.29 is 9.53 Å². The largest absolute Gasteiger partial charge is 0.378 e. The molecule has 0 radical (unpaired) electrons. The molecule has 0 saturated carbocycles. The first-order chi connectivity index (χ1) is 8.02. The molecule has 2 rings (SSSR count). The molecular weight excluding hydrogens is 212 g/mol. The molecule has 0 saturated heterocycles. The van der Waals surface area contributed by atoms with E-state index in [9.17, 15) is 4.79 Å². The Morgan fingerprint density at radius 3 is 2.76 bits per heavy atom. The Labute approximate surface area is 103 Å². The van der Waals surface area contributed by atoms with E-state index in [1.807, 2.05) is 13.8 Å². The Balaban J connectivity index is 1.90. The van der Waals surface area contributed by atoms with E-state index >= 15 is 0 Å². The summed E-state index contributed by atoms with van der Waals surface area (Å²) in [6, 6.07) is 8.40. The standard InChI is InChI=1S/C15H20O2/c1-15(2,17-3)10-13(16)9-12-8-11-6-4-5-7-14(11)12/h4-7,12H,8-10H2,1-3H3. The van der Waals surface area contributed by atoms with Crippen LogP contribution in [0.1, 0.15) is 43.7 Å². The second kappa shape index (κ2) is 4.61. The van der Waals surface area contributed by atoms with Gasteiger partial charge in [0.25, 0.3) is 0 Å². The number of ketones is 1. The smallest absolute Gasteiger partial charge is 0.136 e. The third kappa shape index (κ3) is 2.75. The Kier molecular flexibility index (Phi) is 3.34. The van der Waals surface area contributed by atoms with E-state index in [0.717, 1.165) is 6.42 Å². The summed E-state index contributed by atoms with van der Waals surface area (Å²) in [5, 5.41) is 0. The summed E-state index contributed by atoms with van der Waals surface area (Å²) in [5.41, 5.74) is 2.42. The molecule has 0 aromatic heterocycles. The third-order valence-electron chi connectivity index (χ3n) is 3.61. The summed E-state index contributed by atoms with van der Waals surface area (Å²) in [7, 11) is 1.66. The summed E-state index contributed by atoms with van der Waals surface area (Å²) in [6.45, 7) is 3.92. The maximum atomic E-state index is 12.0. The molecule has 2 nitrogen and oxygen atoms in total. The van der Waals surface area contributed by atoms with E-state index in [4.69, 9.17) is 4.74 Å². The van der Waals surface area contributed by atoms with Crippen LogP contribution in [0.3, 0.4) is 0 Å². The third-order valence-corrected chi connectivity index (χ3v) is 3.61. The molecule has 1 aliphatic carbocycles. The first-order valence-corrected chi connectivity index (χ1v) is 6.16. The van der Waals surface area contributed by atoms with Gasteiger partial charge in [0.05, 0.1) is 5.60 Å². The molecule has 1 aliphatic rings. The minimum atomic E-state index is -0.333. The van der Waals surface area contributed by atoms with E-state index in [2.05, 4.69) is 24.3 Å². The molecule has 0 spiro atoms. The molecule has 0 N–H and O–H groups in total. The Morgan fingerprint density at radius 1 is 1.41 bits per heavy atom. The number of rotatable bonds is 5. The molecule has 0 bridgehead atoms. The highest BCUT2D eigenvalue weighted by Gasteiger charge is 2.29. The van der Waals surface area contributed by atoms with Crippen molar-refractivity contribution in [3.63, 3.8) is 0 Å². The lowest BCUT2D eigenvalue weighted by molar-refractivity contribution is -0.124. The molecular formula is C15H20O2. The lowest BCUT2D eigenvalue weighted by atomic mass is 9.74. The first-order valence-electron chi connectivity index (χ1n) is 6.16. The van der Waals surface area contributed by atoms with Crippen molar-refractivity contribution in [1.29, 1.82) is 0 Å². The number of hydrogen-bond donors (Lipinski definition) is 0. The van der Waals surface area contributed by atoms with Gasteiger partial charge in [0.15, 0.2) is 0 Å². The minimum Gasteiger partial charge on any atom is -0.378 e. The van der Waals surface area contributed by atoms with Gasteiger partial charge in [-0.15, -0.1) is 0 Å². The monoisotopic (exact) mass is 232 g/mol. The molecule has 1 aromatic carbocycles. The van der Waals surface area contributed by atoms with E-state index < -0.39 is 0 Å². The van der Waals surface area contributed by atoms with Crippen LogP contribution in [0.5, 0.6) is 0 Å². The lowest BCUT2D eigenvalue weighted by Gasteiger charge is -2.30. The zero-order valence-corrected chi connectivity index (χ0v) is 10.8. The molecule has 0 fully saturated rings. The van der Waals surface area contributed by atoms with Gasteiger partial charge >= 0.3 is 0 Å². The van der Waals surface area contributed by atoms with Gasteiger partial charge in [-0.05, 0) is 37.3 Å².